The third-order valence-electron chi connectivity index (χ3n) is 9.75. The van der Waals surface area contributed by atoms with Gasteiger partial charge in [0.15, 0.2) is 8.32 Å². The fourth-order valence-corrected chi connectivity index (χ4v) is 10.4. The minimum Gasteiger partial charge on any atom is -0.491 e. The van der Waals surface area contributed by atoms with E-state index in [-0.39, 0.29) is 5.75 Å². The Morgan fingerprint density at radius 3 is 1.61 bits per heavy atom. The second-order valence-electron chi connectivity index (χ2n) is 14.3. The summed E-state index contributed by atoms with van der Waals surface area (Å²) in [5.41, 5.74) is -1.84. The molecule has 2 rings (SSSR count). The normalized spacial score (nSPS) is 15.2. The molecule has 0 aliphatic rings. The molecule has 0 saturated carbocycles. The molecule has 1 N–H and O–H groups in total. The summed E-state index contributed by atoms with van der Waals surface area (Å²) in [5, 5.41) is 2.13. The van der Waals surface area contributed by atoms with Gasteiger partial charge in [-0.15, -0.1) is 6.58 Å². The van der Waals surface area contributed by atoms with Crippen LogP contribution in [0.5, 0.6) is 5.75 Å². The third-order valence-corrected chi connectivity index (χ3v) is 15.4. The van der Waals surface area contributed by atoms with Crippen LogP contribution in [-0.2, 0) is 9.16 Å². The SMILES string of the molecule is C=C[C@H](C)[C@@H](OC(=O)Nc1ccc(F)cc1F)c1ccc(OCCO[Si](CCC(F)(F)C(F)(F)C(F)(F)C(F)(F)C(F)(F)C(F)(F)C(F)(F)C(F)(F)F)(C(C)C)C(C)C)cc1. The van der Waals surface area contributed by atoms with Crippen molar-refractivity contribution in [2.24, 2.45) is 5.92 Å². The Bertz CT molecular complexity index is 1800. The molecule has 5 nitrogen and oxygen atoms in total. The van der Waals surface area contributed by atoms with E-state index in [0.29, 0.717) is 11.6 Å². The number of halogens is 19. The van der Waals surface area contributed by atoms with Crippen LogP contribution in [0.25, 0.3) is 0 Å². The topological polar surface area (TPSA) is 56.8 Å². The molecule has 0 radical (unpaired) electrons. The number of benzene rings is 2. The second-order valence-corrected chi connectivity index (χ2v) is 19.4. The minimum absolute atomic E-state index is 0.0845. The summed E-state index contributed by atoms with van der Waals surface area (Å²) >= 11 is 0. The highest BCUT2D eigenvalue weighted by Crippen LogP contribution is 2.64. The summed E-state index contributed by atoms with van der Waals surface area (Å²) < 4.78 is 279. The predicted octanol–water partition coefficient (Wildman–Crippen LogP) is 13.6. The van der Waals surface area contributed by atoms with Crippen LogP contribution in [0.1, 0.15) is 52.7 Å². The maximum absolute atomic E-state index is 14.9. The van der Waals surface area contributed by atoms with Crippen molar-refractivity contribution in [2.45, 2.75) is 112 Å². The molecule has 2 aromatic carbocycles. The average Bonchev–Trinajstić information content (AvgIpc) is 3.13. The van der Waals surface area contributed by atoms with E-state index < -0.39 is 128 Å². The van der Waals surface area contributed by atoms with Crippen LogP contribution in [0.3, 0.4) is 0 Å². The van der Waals surface area contributed by atoms with Crippen molar-refractivity contribution in [3.05, 3.63) is 72.3 Å². The van der Waals surface area contributed by atoms with Crippen molar-refractivity contribution in [3.8, 4) is 5.75 Å². The highest BCUT2D eigenvalue weighted by Gasteiger charge is 2.95. The zero-order chi connectivity index (χ0) is 47.6. The molecule has 0 saturated heterocycles. The van der Waals surface area contributed by atoms with Crippen molar-refractivity contribution in [1.82, 2.24) is 0 Å². The molecule has 0 aliphatic heterocycles. The zero-order valence-corrected chi connectivity index (χ0v) is 33.3. The first-order valence-corrected chi connectivity index (χ1v) is 19.8. The Kier molecular flexibility index (Phi) is 16.1. The van der Waals surface area contributed by atoms with Gasteiger partial charge in [-0.3, -0.25) is 5.32 Å². The lowest BCUT2D eigenvalue weighted by molar-refractivity contribution is -0.461. The third kappa shape index (κ3) is 10.2. The summed E-state index contributed by atoms with van der Waals surface area (Å²) in [7, 11) is -4.01. The van der Waals surface area contributed by atoms with E-state index in [1.807, 2.05) is 0 Å². The Morgan fingerprint density at radius 2 is 1.16 bits per heavy atom. The minimum atomic E-state index is -8.70. The van der Waals surface area contributed by atoms with Crippen LogP contribution < -0.4 is 10.1 Å². The van der Waals surface area contributed by atoms with Gasteiger partial charge in [0.05, 0.1) is 12.3 Å². The lowest BCUT2D eigenvalue weighted by Crippen LogP contribution is -2.74. The summed E-state index contributed by atoms with van der Waals surface area (Å²) in [6.45, 7) is 9.44. The van der Waals surface area contributed by atoms with Gasteiger partial charge in [0.2, 0.25) is 0 Å². The van der Waals surface area contributed by atoms with Gasteiger partial charge in [0, 0.05) is 18.4 Å². The van der Waals surface area contributed by atoms with Crippen molar-refractivity contribution in [2.75, 3.05) is 18.5 Å². The zero-order valence-electron chi connectivity index (χ0n) is 32.3. The van der Waals surface area contributed by atoms with E-state index in [0.717, 1.165) is 12.1 Å². The Morgan fingerprint density at radius 1 is 0.689 bits per heavy atom. The number of carbonyl (C=O) groups excluding carboxylic acids is 1. The largest absolute Gasteiger partial charge is 0.491 e. The molecule has 348 valence electrons. The first kappa shape index (κ1) is 53.2. The van der Waals surface area contributed by atoms with Gasteiger partial charge in [0.25, 0.3) is 0 Å². The van der Waals surface area contributed by atoms with E-state index in [1.165, 1.54) is 58.0 Å². The molecular weight excluding hydrogens is 899 g/mol. The maximum atomic E-state index is 14.9. The van der Waals surface area contributed by atoms with Gasteiger partial charge >= 0.3 is 53.7 Å². The molecule has 0 bridgehead atoms. The van der Waals surface area contributed by atoms with Crippen molar-refractivity contribution >= 4 is 20.1 Å². The molecule has 2 aromatic rings. The molecule has 0 aliphatic carbocycles. The molecule has 0 heterocycles. The number of carbonyl (C=O) groups is 1. The lowest BCUT2D eigenvalue weighted by atomic mass is 9.88. The number of nitrogens with one attached hydrogen (secondary N) is 1. The monoisotopic (exact) mass is 937 g/mol. The van der Waals surface area contributed by atoms with E-state index in [4.69, 9.17) is 13.9 Å². The Hall–Kier alpha value is -3.90. The van der Waals surface area contributed by atoms with Crippen LogP contribution in [0.2, 0.25) is 17.1 Å². The molecule has 0 unspecified atom stereocenters. The fraction of sp³-hybridized carbons (Fsp3) is 0.583. The van der Waals surface area contributed by atoms with Crippen molar-refractivity contribution < 1.29 is 102 Å². The maximum Gasteiger partial charge on any atom is 0.460 e. The van der Waals surface area contributed by atoms with E-state index in [9.17, 15) is 88.2 Å². The van der Waals surface area contributed by atoms with E-state index >= 15 is 0 Å². The highest BCUT2D eigenvalue weighted by atomic mass is 28.4. The van der Waals surface area contributed by atoms with Gasteiger partial charge in [0.1, 0.15) is 30.1 Å². The summed E-state index contributed by atoms with van der Waals surface area (Å²) in [4.78, 5) is 12.5. The molecule has 0 fully saturated rings. The number of alkyl halides is 17. The highest BCUT2D eigenvalue weighted by molar-refractivity contribution is 6.76. The average molecular weight is 938 g/mol. The fourth-order valence-electron chi connectivity index (χ4n) is 5.95. The number of hydrogen-bond donors (Lipinski definition) is 1. The van der Waals surface area contributed by atoms with Crippen LogP contribution >= 0.6 is 0 Å². The summed E-state index contributed by atoms with van der Waals surface area (Å²) in [6, 6.07) is 6.52. The Labute approximate surface area is 336 Å². The second kappa shape index (κ2) is 18.4. The molecule has 25 heteroatoms. The number of ether oxygens (including phenoxy) is 2. The number of rotatable bonds is 21. The summed E-state index contributed by atoms with van der Waals surface area (Å²) in [5.74, 6) is -59.3. The van der Waals surface area contributed by atoms with Gasteiger partial charge in [-0.2, -0.15) is 74.6 Å². The summed E-state index contributed by atoms with van der Waals surface area (Å²) in [6.07, 6.45) is -11.2. The van der Waals surface area contributed by atoms with Gasteiger partial charge < -0.3 is 13.9 Å². The van der Waals surface area contributed by atoms with Crippen LogP contribution in [-0.4, -0.2) is 75.3 Å². The molecule has 0 spiro atoms. The van der Waals surface area contributed by atoms with Crippen molar-refractivity contribution in [1.29, 1.82) is 0 Å². The lowest BCUT2D eigenvalue weighted by Gasteiger charge is -2.44. The van der Waals surface area contributed by atoms with Crippen LogP contribution in [0.15, 0.2) is 55.1 Å². The Balaban J connectivity index is 2.25. The molecule has 61 heavy (non-hydrogen) atoms. The predicted molar refractivity (Wildman–Crippen MR) is 183 cm³/mol. The van der Waals surface area contributed by atoms with Gasteiger partial charge in [-0.05, 0) is 47.0 Å². The number of amides is 1. The van der Waals surface area contributed by atoms with Crippen LogP contribution in [0, 0.1) is 17.6 Å². The van der Waals surface area contributed by atoms with Crippen molar-refractivity contribution in [3.63, 3.8) is 0 Å². The first-order valence-electron chi connectivity index (χ1n) is 17.6. The van der Waals surface area contributed by atoms with Gasteiger partial charge in [-0.1, -0.05) is 52.8 Å². The van der Waals surface area contributed by atoms with Crippen LogP contribution in [0.4, 0.5) is 93.9 Å². The molecule has 1 amide bonds. The van der Waals surface area contributed by atoms with E-state index in [2.05, 4.69) is 11.9 Å². The van der Waals surface area contributed by atoms with Gasteiger partial charge in [-0.25, -0.2) is 13.6 Å². The number of hydrogen-bond acceptors (Lipinski definition) is 4. The molecule has 2 atom stereocenters. The quantitative estimate of drug-likeness (QED) is 0.0586. The standard InChI is InChI=1S/C36H38F19NO4Si/c1-7-21(6)27(60-28(57)56-26-13-10-23(37)18-25(26)38)22-8-11-24(12-9-22)58-15-16-59-61(19(2)3,20(4)5)17-14-29(39,40)30(41,42)31(43,44)32(45,46)33(47,48)34(49,50)35(51,52)36(53,54)55/h7-13,18-21,27H,1,14-17H2,2-6H3,(H,56,57)/t21-,27+/m0/s1. The number of anilines is 1. The first-order chi connectivity index (χ1) is 27.4. The smallest absolute Gasteiger partial charge is 0.460 e. The molecular formula is C36H38F19NO4Si. The molecule has 0 aromatic heterocycles. The van der Waals surface area contributed by atoms with E-state index in [1.54, 1.807) is 6.92 Å².